The molecule has 0 aliphatic carbocycles. The number of rotatable bonds is 8. The average molecular weight is 453 g/mol. The third kappa shape index (κ3) is 4.83. The number of anilines is 1. The molecule has 1 N–H and O–H groups in total. The molecule has 164 valence electrons. The number of carbonyl (C=O) groups is 1. The number of benzene rings is 2. The summed E-state index contributed by atoms with van der Waals surface area (Å²) in [5.74, 6) is 0.238. The summed E-state index contributed by atoms with van der Waals surface area (Å²) in [4.78, 5) is 16.7. The molecular weight excluding hydrogens is 431 g/mol. The summed E-state index contributed by atoms with van der Waals surface area (Å²) in [6.07, 6.45) is 3.40. The van der Waals surface area contributed by atoms with Crippen molar-refractivity contribution in [1.29, 1.82) is 0 Å². The maximum atomic E-state index is 13.8. The Morgan fingerprint density at radius 2 is 2.00 bits per heavy atom. The van der Waals surface area contributed by atoms with Crippen molar-refractivity contribution < 1.29 is 18.7 Å². The number of halogens is 1. The third-order valence-electron chi connectivity index (χ3n) is 4.59. The fourth-order valence-corrected chi connectivity index (χ4v) is 3.89. The molecule has 0 unspecified atom stereocenters. The zero-order valence-electron chi connectivity index (χ0n) is 17.5. The first-order valence-corrected chi connectivity index (χ1v) is 10.9. The number of carbonyl (C=O) groups excluding carboxylic acids is 1. The molecule has 0 atom stereocenters. The van der Waals surface area contributed by atoms with Gasteiger partial charge in [0.15, 0.2) is 11.6 Å². The van der Waals surface area contributed by atoms with Crippen LogP contribution in [0.25, 0.3) is 16.8 Å². The molecule has 0 bridgehead atoms. The van der Waals surface area contributed by atoms with Crippen molar-refractivity contribution in [2.45, 2.75) is 11.9 Å². The van der Waals surface area contributed by atoms with Crippen molar-refractivity contribution in [3.8, 4) is 22.8 Å². The molecular formula is C23H21FN4O3S. The number of ether oxygens (including phenoxy) is 2. The van der Waals surface area contributed by atoms with Crippen molar-refractivity contribution in [3.63, 3.8) is 0 Å². The molecule has 0 spiro atoms. The van der Waals surface area contributed by atoms with Crippen molar-refractivity contribution in [3.05, 3.63) is 66.7 Å². The van der Waals surface area contributed by atoms with Crippen LogP contribution in [0.3, 0.4) is 0 Å². The van der Waals surface area contributed by atoms with Crippen LogP contribution in [0.1, 0.15) is 6.92 Å². The van der Waals surface area contributed by atoms with E-state index in [9.17, 15) is 9.18 Å². The van der Waals surface area contributed by atoms with Crippen molar-refractivity contribution in [2.24, 2.45) is 0 Å². The van der Waals surface area contributed by atoms with E-state index in [2.05, 4.69) is 15.4 Å². The molecule has 2 heterocycles. The average Bonchev–Trinajstić information content (AvgIpc) is 3.23. The second-order valence-corrected chi connectivity index (χ2v) is 7.70. The van der Waals surface area contributed by atoms with Gasteiger partial charge in [-0.05, 0) is 49.4 Å². The van der Waals surface area contributed by atoms with Crippen LogP contribution in [0, 0.1) is 5.82 Å². The number of thioether (sulfide) groups is 1. The van der Waals surface area contributed by atoms with E-state index < -0.39 is 5.82 Å². The summed E-state index contributed by atoms with van der Waals surface area (Å²) >= 11 is 1.28. The summed E-state index contributed by atoms with van der Waals surface area (Å²) in [7, 11) is 1.39. The predicted molar refractivity (Wildman–Crippen MR) is 122 cm³/mol. The molecule has 0 aliphatic heterocycles. The maximum Gasteiger partial charge on any atom is 0.234 e. The molecule has 9 heteroatoms. The smallest absolute Gasteiger partial charge is 0.234 e. The second kappa shape index (κ2) is 9.69. The second-order valence-electron chi connectivity index (χ2n) is 6.74. The Bertz CT molecular complexity index is 1240. The van der Waals surface area contributed by atoms with Crippen LogP contribution in [0.5, 0.6) is 11.5 Å². The standard InChI is InChI=1S/C23H21FN4O3S/c1-3-31-17-7-4-15(5-8-17)19-13-20-23(25-10-11-28(20)27-19)32-14-22(29)26-16-6-9-21(30-2)18(24)12-16/h4-13H,3,14H2,1-2H3,(H,26,29). The van der Waals surface area contributed by atoms with E-state index in [1.54, 1.807) is 23.0 Å². The van der Waals surface area contributed by atoms with Crippen LogP contribution in [-0.4, -0.2) is 40.0 Å². The normalized spacial score (nSPS) is 10.8. The van der Waals surface area contributed by atoms with Crippen molar-refractivity contribution >= 4 is 28.9 Å². The highest BCUT2D eigenvalue weighted by atomic mass is 32.2. The van der Waals surface area contributed by atoms with Crippen LogP contribution < -0.4 is 14.8 Å². The Morgan fingerprint density at radius 1 is 1.19 bits per heavy atom. The molecule has 0 saturated heterocycles. The molecule has 0 radical (unpaired) electrons. The number of amides is 1. The van der Waals surface area contributed by atoms with Crippen LogP contribution in [0.15, 0.2) is 66.0 Å². The first kappa shape index (κ1) is 21.6. The van der Waals surface area contributed by atoms with Gasteiger partial charge in [0.1, 0.15) is 10.8 Å². The van der Waals surface area contributed by atoms with Gasteiger partial charge < -0.3 is 14.8 Å². The number of hydrogen-bond acceptors (Lipinski definition) is 6. The quantitative estimate of drug-likeness (QED) is 0.392. The number of fused-ring (bicyclic) bond motifs is 1. The summed E-state index contributed by atoms with van der Waals surface area (Å²) in [6, 6.07) is 13.9. The van der Waals surface area contributed by atoms with Gasteiger partial charge in [0.05, 0.1) is 30.7 Å². The number of aromatic nitrogens is 3. The molecule has 0 aliphatic rings. The molecule has 0 fully saturated rings. The minimum atomic E-state index is -0.537. The van der Waals surface area contributed by atoms with Gasteiger partial charge in [0.2, 0.25) is 5.91 Å². The van der Waals surface area contributed by atoms with Gasteiger partial charge in [-0.3, -0.25) is 4.79 Å². The number of nitrogens with zero attached hydrogens (tertiary/aromatic N) is 3. The first-order valence-electron chi connectivity index (χ1n) is 9.91. The van der Waals surface area contributed by atoms with Crippen LogP contribution in [-0.2, 0) is 4.79 Å². The monoisotopic (exact) mass is 452 g/mol. The number of methoxy groups -OCH3 is 1. The lowest BCUT2D eigenvalue weighted by Crippen LogP contribution is -2.14. The lowest BCUT2D eigenvalue weighted by Gasteiger charge is -2.07. The summed E-state index contributed by atoms with van der Waals surface area (Å²) < 4.78 is 25.9. The van der Waals surface area contributed by atoms with Gasteiger partial charge in [-0.1, -0.05) is 11.8 Å². The van der Waals surface area contributed by atoms with Crippen LogP contribution >= 0.6 is 11.8 Å². The van der Waals surface area contributed by atoms with E-state index in [1.807, 2.05) is 37.3 Å². The summed E-state index contributed by atoms with van der Waals surface area (Å²) in [5.41, 5.74) is 2.90. The van der Waals surface area contributed by atoms with Gasteiger partial charge in [0.25, 0.3) is 0 Å². The number of hydrogen-bond donors (Lipinski definition) is 1. The lowest BCUT2D eigenvalue weighted by atomic mass is 10.1. The Labute approximate surface area is 188 Å². The van der Waals surface area contributed by atoms with Crippen LogP contribution in [0.2, 0.25) is 0 Å². The predicted octanol–water partition coefficient (Wildman–Crippen LogP) is 4.67. The Balaban J connectivity index is 1.46. The fraction of sp³-hybridized carbons (Fsp3) is 0.174. The summed E-state index contributed by atoms with van der Waals surface area (Å²) in [6.45, 7) is 2.55. The maximum absolute atomic E-state index is 13.8. The van der Waals surface area contributed by atoms with E-state index in [0.717, 1.165) is 22.5 Å². The lowest BCUT2D eigenvalue weighted by molar-refractivity contribution is -0.113. The molecule has 4 rings (SSSR count). The zero-order chi connectivity index (χ0) is 22.5. The van der Waals surface area contributed by atoms with Gasteiger partial charge in [-0.15, -0.1) is 0 Å². The van der Waals surface area contributed by atoms with Crippen LogP contribution in [0.4, 0.5) is 10.1 Å². The number of nitrogens with one attached hydrogen (secondary N) is 1. The highest BCUT2D eigenvalue weighted by molar-refractivity contribution is 8.00. The van der Waals surface area contributed by atoms with Gasteiger partial charge in [-0.25, -0.2) is 13.9 Å². The van der Waals surface area contributed by atoms with Crippen molar-refractivity contribution in [2.75, 3.05) is 24.8 Å². The topological polar surface area (TPSA) is 77.8 Å². The highest BCUT2D eigenvalue weighted by Gasteiger charge is 2.12. The fourth-order valence-electron chi connectivity index (χ4n) is 3.11. The van der Waals surface area contributed by atoms with Gasteiger partial charge >= 0.3 is 0 Å². The molecule has 2 aromatic heterocycles. The van der Waals surface area contributed by atoms with E-state index in [-0.39, 0.29) is 17.4 Å². The molecule has 1 amide bonds. The summed E-state index contributed by atoms with van der Waals surface area (Å²) in [5, 5.41) is 7.96. The Morgan fingerprint density at radius 3 is 2.72 bits per heavy atom. The largest absolute Gasteiger partial charge is 0.494 e. The van der Waals surface area contributed by atoms with Gasteiger partial charge in [0, 0.05) is 29.7 Å². The third-order valence-corrected chi connectivity index (χ3v) is 5.59. The Hall–Kier alpha value is -3.59. The molecule has 2 aromatic carbocycles. The molecule has 7 nitrogen and oxygen atoms in total. The molecule has 0 saturated carbocycles. The Kier molecular flexibility index (Phi) is 6.55. The van der Waals surface area contributed by atoms with Crippen molar-refractivity contribution in [1.82, 2.24) is 14.6 Å². The SMILES string of the molecule is CCOc1ccc(-c2cc3c(SCC(=O)Nc4ccc(OC)c(F)c4)nccn3n2)cc1. The first-order chi connectivity index (χ1) is 15.6. The zero-order valence-corrected chi connectivity index (χ0v) is 18.4. The molecule has 4 aromatic rings. The minimum Gasteiger partial charge on any atom is -0.494 e. The highest BCUT2D eigenvalue weighted by Crippen LogP contribution is 2.27. The van der Waals surface area contributed by atoms with E-state index in [1.165, 1.54) is 31.0 Å². The van der Waals surface area contributed by atoms with Gasteiger partial charge in [-0.2, -0.15) is 5.10 Å². The van der Waals surface area contributed by atoms with E-state index >= 15 is 0 Å². The molecule has 32 heavy (non-hydrogen) atoms. The van der Waals surface area contributed by atoms with E-state index in [0.29, 0.717) is 17.3 Å². The minimum absolute atomic E-state index is 0.115. The van der Waals surface area contributed by atoms with E-state index in [4.69, 9.17) is 9.47 Å².